The number of hydrogen-bond donors (Lipinski definition) is 1. The first-order valence-electron chi connectivity index (χ1n) is 7.83. The highest BCUT2D eigenvalue weighted by atomic mass is 32.2. The van der Waals surface area contributed by atoms with Crippen molar-refractivity contribution < 1.29 is 13.2 Å². The minimum atomic E-state index is -3.12. The van der Waals surface area contributed by atoms with Crippen molar-refractivity contribution in [2.75, 3.05) is 32.5 Å². The maximum atomic E-state index is 11.1. The van der Waals surface area contributed by atoms with E-state index in [-0.39, 0.29) is 6.10 Å². The van der Waals surface area contributed by atoms with Crippen molar-refractivity contribution in [1.82, 2.24) is 9.62 Å². The molecule has 6 heteroatoms. The van der Waals surface area contributed by atoms with Gasteiger partial charge in [0.2, 0.25) is 10.0 Å². The molecule has 124 valence electrons. The minimum Gasteiger partial charge on any atom is -0.376 e. The number of nitrogens with zero attached hydrogens (tertiary/aromatic N) is 1. The first kappa shape index (κ1) is 17.4. The molecule has 1 aliphatic heterocycles. The third kappa shape index (κ3) is 5.68. The molecular weight excluding hydrogens is 300 g/mol. The normalized spacial score (nSPS) is 20.2. The molecular formula is C16H26N2O3S. The second kappa shape index (κ2) is 8.06. The molecule has 0 aromatic heterocycles. The quantitative estimate of drug-likeness (QED) is 0.823. The molecule has 2 rings (SSSR count). The van der Waals surface area contributed by atoms with Crippen LogP contribution in [0.5, 0.6) is 0 Å². The lowest BCUT2D eigenvalue weighted by Gasteiger charge is -2.33. The maximum absolute atomic E-state index is 11.1. The zero-order chi connectivity index (χ0) is 16.0. The molecule has 0 bridgehead atoms. The highest BCUT2D eigenvalue weighted by Crippen LogP contribution is 2.16. The van der Waals surface area contributed by atoms with Crippen LogP contribution in [0.1, 0.15) is 24.5 Å². The van der Waals surface area contributed by atoms with Gasteiger partial charge in [-0.2, -0.15) is 0 Å². The Morgan fingerprint density at radius 2 is 2.05 bits per heavy atom. The Hall–Kier alpha value is -0.950. The fourth-order valence-corrected chi connectivity index (χ4v) is 3.29. The summed E-state index contributed by atoms with van der Waals surface area (Å²) in [6.07, 6.45) is 3.03. The van der Waals surface area contributed by atoms with Gasteiger partial charge in [0.25, 0.3) is 0 Å². The standard InChI is InChI=1S/C16H26N2O3S/c1-3-14-6-4-5-7-15(14)12-18-10-11-21-16(13-18)8-9-17-22(2,19)20/h4-7,16-17H,3,8-13H2,1-2H3. The van der Waals surface area contributed by atoms with E-state index < -0.39 is 10.0 Å². The van der Waals surface area contributed by atoms with Crippen LogP contribution >= 0.6 is 0 Å². The highest BCUT2D eigenvalue weighted by Gasteiger charge is 2.21. The van der Waals surface area contributed by atoms with Crippen molar-refractivity contribution >= 4 is 10.0 Å². The van der Waals surface area contributed by atoms with Crippen LogP contribution in [0.4, 0.5) is 0 Å². The molecule has 0 saturated carbocycles. The lowest BCUT2D eigenvalue weighted by Crippen LogP contribution is -2.43. The number of rotatable bonds is 7. The maximum Gasteiger partial charge on any atom is 0.208 e. The van der Waals surface area contributed by atoms with Gasteiger partial charge in [-0.3, -0.25) is 4.90 Å². The van der Waals surface area contributed by atoms with Gasteiger partial charge >= 0.3 is 0 Å². The monoisotopic (exact) mass is 326 g/mol. The van der Waals surface area contributed by atoms with E-state index in [2.05, 4.69) is 40.8 Å². The summed E-state index contributed by atoms with van der Waals surface area (Å²) in [4.78, 5) is 2.39. The topological polar surface area (TPSA) is 58.6 Å². The van der Waals surface area contributed by atoms with E-state index in [4.69, 9.17) is 4.74 Å². The van der Waals surface area contributed by atoms with Gasteiger partial charge in [-0.25, -0.2) is 13.1 Å². The molecule has 5 nitrogen and oxygen atoms in total. The van der Waals surface area contributed by atoms with E-state index in [1.54, 1.807) is 0 Å². The molecule has 22 heavy (non-hydrogen) atoms. The number of aryl methyl sites for hydroxylation is 1. The molecule has 1 unspecified atom stereocenters. The summed E-state index contributed by atoms with van der Waals surface area (Å²) in [7, 11) is -3.12. The Morgan fingerprint density at radius 3 is 2.73 bits per heavy atom. The smallest absolute Gasteiger partial charge is 0.208 e. The van der Waals surface area contributed by atoms with Crippen molar-refractivity contribution in [2.45, 2.75) is 32.4 Å². The van der Waals surface area contributed by atoms with E-state index in [1.807, 2.05) is 0 Å². The molecule has 1 saturated heterocycles. The van der Waals surface area contributed by atoms with Crippen LogP contribution in [-0.2, 0) is 27.7 Å². The van der Waals surface area contributed by atoms with Crippen LogP contribution in [0.3, 0.4) is 0 Å². The van der Waals surface area contributed by atoms with Gasteiger partial charge in [0.1, 0.15) is 0 Å². The molecule has 1 fully saturated rings. The molecule has 1 heterocycles. The van der Waals surface area contributed by atoms with Gasteiger partial charge in [0.15, 0.2) is 0 Å². The molecule has 1 aromatic carbocycles. The Bertz CT molecular complexity index is 575. The van der Waals surface area contributed by atoms with E-state index in [9.17, 15) is 8.42 Å². The van der Waals surface area contributed by atoms with E-state index in [1.165, 1.54) is 17.4 Å². The van der Waals surface area contributed by atoms with Crippen molar-refractivity contribution in [3.8, 4) is 0 Å². The zero-order valence-corrected chi connectivity index (χ0v) is 14.2. The fourth-order valence-electron chi connectivity index (χ4n) is 2.80. The fraction of sp³-hybridized carbons (Fsp3) is 0.625. The number of ether oxygens (including phenoxy) is 1. The summed E-state index contributed by atoms with van der Waals surface area (Å²) in [5.41, 5.74) is 2.77. The first-order valence-corrected chi connectivity index (χ1v) is 9.72. The Labute approximate surface area is 133 Å². The molecule has 1 aliphatic rings. The summed E-state index contributed by atoms with van der Waals surface area (Å²) < 4.78 is 30.4. The van der Waals surface area contributed by atoms with Crippen molar-refractivity contribution in [3.63, 3.8) is 0 Å². The third-order valence-electron chi connectivity index (χ3n) is 3.95. The molecule has 1 aromatic rings. The molecule has 0 spiro atoms. The van der Waals surface area contributed by atoms with Gasteiger partial charge < -0.3 is 4.74 Å². The van der Waals surface area contributed by atoms with Crippen LogP contribution < -0.4 is 4.72 Å². The lowest BCUT2D eigenvalue weighted by atomic mass is 10.0. The van der Waals surface area contributed by atoms with Crippen molar-refractivity contribution in [1.29, 1.82) is 0 Å². The summed E-state index contributed by atoms with van der Waals surface area (Å²) >= 11 is 0. The highest BCUT2D eigenvalue weighted by molar-refractivity contribution is 7.88. The number of benzene rings is 1. The second-order valence-corrected chi connectivity index (χ2v) is 7.64. The largest absolute Gasteiger partial charge is 0.376 e. The zero-order valence-electron chi connectivity index (χ0n) is 13.4. The predicted molar refractivity (Wildman–Crippen MR) is 88.3 cm³/mol. The average Bonchev–Trinajstić information content (AvgIpc) is 2.47. The summed E-state index contributed by atoms with van der Waals surface area (Å²) in [5, 5.41) is 0. The van der Waals surface area contributed by atoms with Gasteiger partial charge in [-0.15, -0.1) is 0 Å². The lowest BCUT2D eigenvalue weighted by molar-refractivity contribution is -0.0339. The summed E-state index contributed by atoms with van der Waals surface area (Å²) in [5.74, 6) is 0. The molecule has 0 radical (unpaired) electrons. The van der Waals surface area contributed by atoms with E-state index >= 15 is 0 Å². The molecule has 1 atom stereocenters. The summed E-state index contributed by atoms with van der Waals surface area (Å²) in [6.45, 7) is 6.03. The van der Waals surface area contributed by atoms with Crippen LogP contribution in [0.15, 0.2) is 24.3 Å². The SMILES string of the molecule is CCc1ccccc1CN1CCOC(CCNS(C)(=O)=O)C1. The van der Waals surface area contributed by atoms with Crippen LogP contribution in [0, 0.1) is 0 Å². The van der Waals surface area contributed by atoms with Crippen LogP contribution in [-0.4, -0.2) is 51.9 Å². The third-order valence-corrected chi connectivity index (χ3v) is 4.68. The summed E-state index contributed by atoms with van der Waals surface area (Å²) in [6, 6.07) is 8.54. The Morgan fingerprint density at radius 1 is 1.32 bits per heavy atom. The van der Waals surface area contributed by atoms with Gasteiger partial charge in [-0.05, 0) is 24.0 Å². The van der Waals surface area contributed by atoms with Gasteiger partial charge in [0, 0.05) is 26.2 Å². The van der Waals surface area contributed by atoms with Crippen molar-refractivity contribution in [2.24, 2.45) is 0 Å². The second-order valence-electron chi connectivity index (χ2n) is 5.81. The van der Waals surface area contributed by atoms with Crippen molar-refractivity contribution in [3.05, 3.63) is 35.4 Å². The van der Waals surface area contributed by atoms with E-state index in [0.29, 0.717) is 19.6 Å². The Kier molecular flexibility index (Phi) is 6.37. The van der Waals surface area contributed by atoms with E-state index in [0.717, 1.165) is 26.1 Å². The number of morpholine rings is 1. The predicted octanol–water partition coefficient (Wildman–Crippen LogP) is 1.39. The van der Waals surface area contributed by atoms with Gasteiger partial charge in [-0.1, -0.05) is 31.2 Å². The molecule has 0 amide bonds. The number of nitrogens with one attached hydrogen (secondary N) is 1. The molecule has 0 aliphatic carbocycles. The van der Waals surface area contributed by atoms with Crippen LogP contribution in [0.2, 0.25) is 0 Å². The first-order chi connectivity index (χ1) is 10.5. The van der Waals surface area contributed by atoms with Gasteiger partial charge in [0.05, 0.1) is 19.0 Å². The number of sulfonamides is 1. The average molecular weight is 326 g/mol. The Balaban J connectivity index is 1.85. The number of hydrogen-bond acceptors (Lipinski definition) is 4. The van der Waals surface area contributed by atoms with Crippen LogP contribution in [0.25, 0.3) is 0 Å². The minimum absolute atomic E-state index is 0.0942. The molecule has 1 N–H and O–H groups in total.